The van der Waals surface area contributed by atoms with Gasteiger partial charge in [0.2, 0.25) is 0 Å². The first-order valence-electron chi connectivity index (χ1n) is 8.23. The molecule has 0 bridgehead atoms. The van der Waals surface area contributed by atoms with E-state index in [1.54, 1.807) is 35.6 Å². The zero-order valence-corrected chi connectivity index (χ0v) is 15.2. The fourth-order valence-electron chi connectivity index (χ4n) is 2.59. The van der Waals surface area contributed by atoms with Gasteiger partial charge in [-0.05, 0) is 36.1 Å². The lowest BCUT2D eigenvalue weighted by molar-refractivity contribution is -0.123. The molecule has 132 valence electrons. The van der Waals surface area contributed by atoms with Crippen LogP contribution < -0.4 is 10.1 Å². The van der Waals surface area contributed by atoms with Gasteiger partial charge in [-0.15, -0.1) is 11.3 Å². The Labute approximate surface area is 156 Å². The molecule has 0 aliphatic heterocycles. The molecule has 1 heterocycles. The summed E-state index contributed by atoms with van der Waals surface area (Å²) in [5, 5.41) is 5.01. The van der Waals surface area contributed by atoms with Crippen LogP contribution in [0.25, 0.3) is 0 Å². The van der Waals surface area contributed by atoms with Gasteiger partial charge in [-0.1, -0.05) is 48.0 Å². The highest BCUT2D eigenvalue weighted by atomic mass is 32.1. The third-order valence-corrected chi connectivity index (χ3v) is 4.89. The van der Waals surface area contributed by atoms with Crippen LogP contribution in [0.2, 0.25) is 0 Å². The number of carbonyl (C=O) groups excluding carboxylic acids is 2. The molecule has 1 unspecified atom stereocenters. The number of ether oxygens (including phenoxy) is 1. The Morgan fingerprint density at radius 3 is 2.58 bits per heavy atom. The summed E-state index contributed by atoms with van der Waals surface area (Å²) in [5.41, 5.74) is 2.60. The van der Waals surface area contributed by atoms with Crippen LogP contribution in [0.3, 0.4) is 0 Å². The molecule has 0 spiro atoms. The van der Waals surface area contributed by atoms with Gasteiger partial charge in [0.25, 0.3) is 5.91 Å². The van der Waals surface area contributed by atoms with Crippen LogP contribution in [-0.2, 0) is 4.79 Å². The Morgan fingerprint density at radius 2 is 1.88 bits per heavy atom. The largest absolute Gasteiger partial charge is 0.483 e. The summed E-state index contributed by atoms with van der Waals surface area (Å²) in [6.45, 7) is 1.87. The maximum absolute atomic E-state index is 12.4. The van der Waals surface area contributed by atoms with Crippen molar-refractivity contribution < 1.29 is 14.3 Å². The summed E-state index contributed by atoms with van der Waals surface area (Å²) < 4.78 is 5.52. The Kier molecular flexibility index (Phi) is 5.81. The molecule has 4 nitrogen and oxygen atoms in total. The molecular weight excluding hydrogens is 346 g/mol. The molecule has 5 heteroatoms. The second kappa shape index (κ2) is 8.45. The molecule has 1 N–H and O–H groups in total. The second-order valence-corrected chi connectivity index (χ2v) is 6.85. The lowest BCUT2D eigenvalue weighted by Gasteiger charge is -2.19. The quantitative estimate of drug-likeness (QED) is 0.640. The molecule has 0 aliphatic carbocycles. The lowest BCUT2D eigenvalue weighted by atomic mass is 10.0. The Hall–Kier alpha value is -2.92. The fourth-order valence-corrected chi connectivity index (χ4v) is 3.39. The van der Waals surface area contributed by atoms with Crippen LogP contribution in [0.5, 0.6) is 5.75 Å². The van der Waals surface area contributed by atoms with E-state index in [-0.39, 0.29) is 18.6 Å². The summed E-state index contributed by atoms with van der Waals surface area (Å²) in [5.74, 6) is 0.158. The molecule has 26 heavy (non-hydrogen) atoms. The third-order valence-electron chi connectivity index (χ3n) is 3.95. The summed E-state index contributed by atoms with van der Waals surface area (Å²) in [7, 11) is 0. The van der Waals surface area contributed by atoms with Gasteiger partial charge in [-0.3, -0.25) is 9.59 Å². The van der Waals surface area contributed by atoms with Crippen LogP contribution in [0.1, 0.15) is 32.4 Å². The number of rotatable bonds is 7. The lowest BCUT2D eigenvalue weighted by Crippen LogP contribution is -2.33. The number of benzene rings is 2. The maximum Gasteiger partial charge on any atom is 0.258 e. The number of nitrogens with one attached hydrogen (secondary N) is 1. The highest BCUT2D eigenvalue weighted by Gasteiger charge is 2.18. The first-order chi connectivity index (χ1) is 12.7. The molecule has 0 saturated heterocycles. The maximum atomic E-state index is 12.4. The Bertz CT molecular complexity index is 873. The fraction of sp³-hybridized carbons (Fsp3) is 0.143. The van der Waals surface area contributed by atoms with Crippen molar-refractivity contribution in [1.29, 1.82) is 0 Å². The van der Waals surface area contributed by atoms with E-state index in [0.29, 0.717) is 17.6 Å². The number of hydrogen-bond acceptors (Lipinski definition) is 4. The molecule has 1 aromatic heterocycles. The van der Waals surface area contributed by atoms with Crippen molar-refractivity contribution in [3.63, 3.8) is 0 Å². The van der Waals surface area contributed by atoms with Crippen molar-refractivity contribution in [1.82, 2.24) is 5.32 Å². The number of aldehydes is 1. The van der Waals surface area contributed by atoms with Crippen molar-refractivity contribution in [3.8, 4) is 5.75 Å². The van der Waals surface area contributed by atoms with Crippen LogP contribution in [-0.4, -0.2) is 18.8 Å². The van der Waals surface area contributed by atoms with Crippen molar-refractivity contribution in [2.45, 2.75) is 13.0 Å². The summed E-state index contributed by atoms with van der Waals surface area (Å²) in [6.07, 6.45) is 0.716. The predicted molar refractivity (Wildman–Crippen MR) is 103 cm³/mol. The van der Waals surface area contributed by atoms with E-state index in [0.717, 1.165) is 10.4 Å². The van der Waals surface area contributed by atoms with Crippen LogP contribution in [0.15, 0.2) is 66.0 Å². The van der Waals surface area contributed by atoms with Gasteiger partial charge in [0, 0.05) is 4.88 Å². The number of para-hydroxylation sites is 1. The minimum absolute atomic E-state index is 0.154. The molecule has 0 saturated carbocycles. The molecule has 0 fully saturated rings. The summed E-state index contributed by atoms with van der Waals surface area (Å²) in [6, 6.07) is 18.7. The smallest absolute Gasteiger partial charge is 0.258 e. The Balaban J connectivity index is 1.71. The normalized spacial score (nSPS) is 11.6. The van der Waals surface area contributed by atoms with Crippen molar-refractivity contribution >= 4 is 23.5 Å². The third kappa shape index (κ3) is 4.37. The van der Waals surface area contributed by atoms with E-state index in [2.05, 4.69) is 5.32 Å². The summed E-state index contributed by atoms with van der Waals surface area (Å²) >= 11 is 1.59. The number of amides is 1. The number of hydrogen-bond donors (Lipinski definition) is 1. The van der Waals surface area contributed by atoms with Crippen LogP contribution >= 0.6 is 11.3 Å². The highest BCUT2D eigenvalue weighted by Crippen LogP contribution is 2.26. The minimum atomic E-state index is -0.246. The van der Waals surface area contributed by atoms with Crippen LogP contribution in [0.4, 0.5) is 0 Å². The molecule has 1 amide bonds. The average Bonchev–Trinajstić information content (AvgIpc) is 3.20. The molecule has 1 atom stereocenters. The average molecular weight is 365 g/mol. The Morgan fingerprint density at radius 1 is 1.12 bits per heavy atom. The molecular formula is C21H19NO3S. The van der Waals surface area contributed by atoms with Gasteiger partial charge in [0.1, 0.15) is 5.75 Å². The van der Waals surface area contributed by atoms with Crippen LogP contribution in [0, 0.1) is 6.92 Å². The zero-order chi connectivity index (χ0) is 18.4. The van der Waals surface area contributed by atoms with Gasteiger partial charge in [0.15, 0.2) is 12.9 Å². The topological polar surface area (TPSA) is 55.4 Å². The number of aryl methyl sites for hydroxylation is 1. The van der Waals surface area contributed by atoms with Crippen molar-refractivity contribution in [3.05, 3.63) is 87.6 Å². The SMILES string of the molecule is Cc1ccc(C(NC(=O)COc2ccccc2C=O)c2cccs2)cc1. The standard InChI is InChI=1S/C21H19NO3S/c1-15-8-10-16(11-9-15)21(19-7-4-12-26-19)22-20(24)14-25-18-6-3-2-5-17(18)13-23/h2-13,21H,14H2,1H3,(H,22,24). The summed E-state index contributed by atoms with van der Waals surface area (Å²) in [4.78, 5) is 24.5. The van der Waals surface area contributed by atoms with E-state index in [1.165, 1.54) is 5.56 Å². The van der Waals surface area contributed by atoms with Gasteiger partial charge >= 0.3 is 0 Å². The van der Waals surface area contributed by atoms with Gasteiger partial charge in [-0.2, -0.15) is 0 Å². The number of thiophene rings is 1. The minimum Gasteiger partial charge on any atom is -0.483 e. The monoisotopic (exact) mass is 365 g/mol. The predicted octanol–water partition coefficient (Wildman–Crippen LogP) is 4.15. The van der Waals surface area contributed by atoms with Gasteiger partial charge in [0.05, 0.1) is 11.6 Å². The zero-order valence-electron chi connectivity index (χ0n) is 14.3. The van der Waals surface area contributed by atoms with E-state index < -0.39 is 0 Å². The van der Waals surface area contributed by atoms with Gasteiger partial charge in [-0.25, -0.2) is 0 Å². The van der Waals surface area contributed by atoms with Crippen molar-refractivity contribution in [2.24, 2.45) is 0 Å². The van der Waals surface area contributed by atoms with E-state index in [4.69, 9.17) is 4.74 Å². The van der Waals surface area contributed by atoms with E-state index in [9.17, 15) is 9.59 Å². The molecule has 3 aromatic rings. The van der Waals surface area contributed by atoms with E-state index >= 15 is 0 Å². The van der Waals surface area contributed by atoms with Gasteiger partial charge < -0.3 is 10.1 Å². The first-order valence-corrected chi connectivity index (χ1v) is 9.11. The second-order valence-electron chi connectivity index (χ2n) is 5.87. The molecule has 2 aromatic carbocycles. The molecule has 0 aliphatic rings. The van der Waals surface area contributed by atoms with Crippen molar-refractivity contribution in [2.75, 3.05) is 6.61 Å². The first kappa shape index (κ1) is 17.9. The highest BCUT2D eigenvalue weighted by molar-refractivity contribution is 7.10. The van der Waals surface area contributed by atoms with E-state index in [1.807, 2.05) is 48.7 Å². The molecule has 0 radical (unpaired) electrons. The molecule has 3 rings (SSSR count). The number of carbonyl (C=O) groups is 2.